The molecule has 17 heteroatoms. The number of nitrogens with zero attached hydrogens (tertiary/aromatic N) is 4. The molecule has 0 radical (unpaired) electrons. The van der Waals surface area contributed by atoms with Crippen molar-refractivity contribution in [2.45, 2.75) is 51.2 Å². The molecule has 0 bridgehead atoms. The fourth-order valence-corrected chi connectivity index (χ4v) is 8.43. The first-order valence-corrected chi connectivity index (χ1v) is 21.1. The van der Waals surface area contributed by atoms with Gasteiger partial charge in [-0.25, -0.2) is 4.79 Å². The zero-order chi connectivity index (χ0) is 44.2. The van der Waals surface area contributed by atoms with E-state index in [1.165, 1.54) is 12.1 Å². The van der Waals surface area contributed by atoms with Crippen molar-refractivity contribution >= 4 is 57.9 Å². The molecule has 4 aromatic rings. The number of aromatic hydroxyl groups is 1. The van der Waals surface area contributed by atoms with E-state index >= 15 is 0 Å². The molecule has 4 aliphatic rings. The summed E-state index contributed by atoms with van der Waals surface area (Å²) in [6, 6.07) is 20.5. The van der Waals surface area contributed by atoms with Crippen LogP contribution in [0.1, 0.15) is 58.9 Å². The van der Waals surface area contributed by atoms with E-state index in [2.05, 4.69) is 10.6 Å². The number of carbonyl (C=O) groups excluding carboxylic acids is 7. The largest absolute Gasteiger partial charge is 0.508 e. The molecule has 17 nitrogen and oxygen atoms in total. The lowest BCUT2D eigenvalue weighted by Crippen LogP contribution is -2.65. The average Bonchev–Trinajstić information content (AvgIpc) is 3.51. The van der Waals surface area contributed by atoms with Crippen LogP contribution in [-0.4, -0.2) is 133 Å². The Morgan fingerprint density at radius 3 is 2.44 bits per heavy atom. The Morgan fingerprint density at radius 1 is 0.857 bits per heavy atom. The number of piperidine rings is 1. The number of ether oxygens (including phenoxy) is 3. The monoisotopic (exact) mass is 860 g/mol. The fourth-order valence-electron chi connectivity index (χ4n) is 8.43. The van der Waals surface area contributed by atoms with E-state index in [1.54, 1.807) is 28.0 Å². The normalized spacial score (nSPS) is 17.5. The molecule has 0 spiro atoms. The molecule has 4 heterocycles. The van der Waals surface area contributed by atoms with Gasteiger partial charge < -0.3 is 34.4 Å². The number of imide groups is 2. The highest BCUT2D eigenvalue weighted by Crippen LogP contribution is 2.39. The Kier molecular flexibility index (Phi) is 12.7. The second-order valence-electron chi connectivity index (χ2n) is 15.7. The van der Waals surface area contributed by atoms with Crippen LogP contribution in [0, 0.1) is 0 Å². The molecule has 2 saturated heterocycles. The molecular weight excluding hydrogens is 813 g/mol. The molecular formula is C46H48N6O11. The van der Waals surface area contributed by atoms with Gasteiger partial charge in [0.1, 0.15) is 24.1 Å². The quantitative estimate of drug-likeness (QED) is 0.103. The van der Waals surface area contributed by atoms with Crippen LogP contribution in [0.2, 0.25) is 0 Å². The summed E-state index contributed by atoms with van der Waals surface area (Å²) >= 11 is 0. The maximum Gasteiger partial charge on any atom is 0.325 e. The molecule has 0 saturated carbocycles. The van der Waals surface area contributed by atoms with Crippen LogP contribution in [0.5, 0.6) is 11.5 Å². The van der Waals surface area contributed by atoms with Crippen molar-refractivity contribution < 1.29 is 52.9 Å². The number of benzene rings is 4. The minimum absolute atomic E-state index is 0.00420. The molecule has 0 aliphatic carbocycles. The third-order valence-electron chi connectivity index (χ3n) is 11.7. The smallest absolute Gasteiger partial charge is 0.325 e. The number of anilines is 1. The average molecular weight is 861 g/mol. The van der Waals surface area contributed by atoms with Gasteiger partial charge >= 0.3 is 6.03 Å². The summed E-state index contributed by atoms with van der Waals surface area (Å²) < 4.78 is 17.3. The van der Waals surface area contributed by atoms with Crippen molar-refractivity contribution in [3.8, 4) is 22.6 Å². The molecule has 3 N–H and O–H groups in total. The van der Waals surface area contributed by atoms with Crippen molar-refractivity contribution in [2.24, 2.45) is 0 Å². The second kappa shape index (κ2) is 18.6. The van der Waals surface area contributed by atoms with Gasteiger partial charge in [-0.1, -0.05) is 49.4 Å². The molecule has 328 valence electrons. The summed E-state index contributed by atoms with van der Waals surface area (Å²) in [6.45, 7) is 4.38. The third kappa shape index (κ3) is 8.92. The predicted octanol–water partition coefficient (Wildman–Crippen LogP) is 3.59. The van der Waals surface area contributed by atoms with Gasteiger partial charge in [0.25, 0.3) is 11.8 Å². The van der Waals surface area contributed by atoms with Gasteiger partial charge in [-0.2, -0.15) is 0 Å². The number of hydrogen-bond donors (Lipinski definition) is 3. The number of urea groups is 1. The lowest BCUT2D eigenvalue weighted by molar-refractivity contribution is -0.138. The molecule has 2 fully saturated rings. The summed E-state index contributed by atoms with van der Waals surface area (Å²) in [4.78, 5) is 95.4. The molecule has 63 heavy (non-hydrogen) atoms. The highest BCUT2D eigenvalue weighted by Gasteiger charge is 2.46. The molecule has 0 aromatic heterocycles. The van der Waals surface area contributed by atoms with Gasteiger partial charge in [-0.05, 0) is 64.2 Å². The Bertz CT molecular complexity index is 2490. The second-order valence-corrected chi connectivity index (χ2v) is 15.7. The molecule has 4 aliphatic heterocycles. The Labute approximate surface area is 362 Å². The van der Waals surface area contributed by atoms with Gasteiger partial charge in [-0.15, -0.1) is 0 Å². The van der Waals surface area contributed by atoms with Crippen LogP contribution in [0.25, 0.3) is 21.9 Å². The number of amides is 8. The lowest BCUT2D eigenvalue weighted by Gasteiger charge is -2.48. The van der Waals surface area contributed by atoms with Crippen molar-refractivity contribution in [1.82, 2.24) is 25.3 Å². The minimum atomic E-state index is -1.09. The van der Waals surface area contributed by atoms with E-state index in [0.717, 1.165) is 38.1 Å². The van der Waals surface area contributed by atoms with Crippen molar-refractivity contribution in [3.63, 3.8) is 0 Å². The fraction of sp³-hybridized carbons (Fsp3) is 0.370. The standard InChI is InChI=1S/C46H48N6O11/c1-2-41(56)49-26-31(27-49)51-25-30-11-10-29(35-24-32(53)22-28-6-3-4-7-33(28)35)23-37(30)50(46(51)60)16-19-62-21-20-61-17-14-39(54)47-15-18-63-38-9-5-8-34-42(38)45(59)52(44(34)58)36-12-13-40(55)48-43(36)57/h3-11,22-24,31,36,53H,2,12-21,25-27H2,1H3,(H,47,54)(H,48,55,57). The van der Waals surface area contributed by atoms with Crippen molar-refractivity contribution in [1.29, 1.82) is 0 Å². The first-order chi connectivity index (χ1) is 30.5. The van der Waals surface area contributed by atoms with E-state index in [-0.39, 0.29) is 112 Å². The maximum absolute atomic E-state index is 14.1. The SMILES string of the molecule is CCC(=O)N1CC(N2Cc3ccc(-c4cc(O)cc5ccccc45)cc3N(CCOCCOCCC(=O)NCCOc3cccc4c3C(=O)N(C3CCC(=O)NC3=O)C4=O)C2=O)C1. The number of phenols is 1. The van der Waals surface area contributed by atoms with E-state index in [1.807, 2.05) is 54.3 Å². The van der Waals surface area contributed by atoms with Crippen molar-refractivity contribution in [2.75, 3.05) is 64.1 Å². The number of fused-ring (bicyclic) bond motifs is 3. The molecule has 8 amide bonds. The highest BCUT2D eigenvalue weighted by molar-refractivity contribution is 6.24. The van der Waals surface area contributed by atoms with Crippen LogP contribution < -0.4 is 20.3 Å². The molecule has 1 unspecified atom stereocenters. The summed E-state index contributed by atoms with van der Waals surface area (Å²) in [5.74, 6) is -2.41. The van der Waals surface area contributed by atoms with Crippen LogP contribution in [0.3, 0.4) is 0 Å². The summed E-state index contributed by atoms with van der Waals surface area (Å²) in [7, 11) is 0. The number of likely N-dealkylation sites (tertiary alicyclic amines) is 1. The summed E-state index contributed by atoms with van der Waals surface area (Å²) in [6.07, 6.45) is 0.538. The lowest BCUT2D eigenvalue weighted by atomic mass is 9.94. The van der Waals surface area contributed by atoms with Gasteiger partial charge in [-0.3, -0.25) is 43.9 Å². The molecule has 1 atom stereocenters. The van der Waals surface area contributed by atoms with E-state index in [9.17, 15) is 38.7 Å². The number of nitrogens with one attached hydrogen (secondary N) is 2. The van der Waals surface area contributed by atoms with Crippen LogP contribution in [-0.2, 0) is 35.2 Å². The molecule has 8 rings (SSSR count). The van der Waals surface area contributed by atoms with Gasteiger partial charge in [0.2, 0.25) is 23.6 Å². The van der Waals surface area contributed by atoms with E-state index < -0.39 is 29.7 Å². The van der Waals surface area contributed by atoms with Gasteiger partial charge in [0, 0.05) is 38.9 Å². The molecule has 4 aromatic carbocycles. The number of rotatable bonds is 17. The van der Waals surface area contributed by atoms with Gasteiger partial charge in [0.05, 0.1) is 62.4 Å². The Morgan fingerprint density at radius 2 is 1.65 bits per heavy atom. The van der Waals surface area contributed by atoms with E-state index in [4.69, 9.17) is 14.2 Å². The first kappa shape index (κ1) is 42.8. The zero-order valence-electron chi connectivity index (χ0n) is 34.8. The summed E-state index contributed by atoms with van der Waals surface area (Å²) in [5.41, 5.74) is 3.55. The highest BCUT2D eigenvalue weighted by atomic mass is 16.5. The van der Waals surface area contributed by atoms with E-state index in [0.29, 0.717) is 26.1 Å². The zero-order valence-corrected chi connectivity index (χ0v) is 34.8. The topological polar surface area (TPSA) is 204 Å². The maximum atomic E-state index is 14.1. The Balaban J connectivity index is 0.791. The van der Waals surface area contributed by atoms with Crippen LogP contribution in [0.15, 0.2) is 72.8 Å². The van der Waals surface area contributed by atoms with Crippen molar-refractivity contribution in [3.05, 3.63) is 89.5 Å². The predicted molar refractivity (Wildman–Crippen MR) is 228 cm³/mol. The number of phenolic OH excluding ortho intramolecular Hbond substituents is 1. The minimum Gasteiger partial charge on any atom is -0.508 e. The first-order valence-electron chi connectivity index (χ1n) is 21.1. The number of hydrogen-bond acceptors (Lipinski definition) is 11. The third-order valence-corrected chi connectivity index (χ3v) is 11.7. The Hall–Kier alpha value is -6.85. The summed E-state index contributed by atoms with van der Waals surface area (Å²) in [5, 5.41) is 17.3. The number of carbonyl (C=O) groups is 7. The van der Waals surface area contributed by atoms with Crippen LogP contribution >= 0.6 is 0 Å². The van der Waals surface area contributed by atoms with Gasteiger partial charge in [0.15, 0.2) is 0 Å². The van der Waals surface area contributed by atoms with Crippen LogP contribution in [0.4, 0.5) is 10.5 Å².